The Morgan fingerprint density at radius 2 is 1.85 bits per heavy atom. The molecule has 2 rings (SSSR count). The van der Waals surface area contributed by atoms with E-state index in [1.54, 1.807) is 12.1 Å². The number of hydrogen-bond donors (Lipinski definition) is 0. The van der Waals surface area contributed by atoms with Gasteiger partial charge in [0.05, 0.1) is 12.7 Å². The maximum atomic E-state index is 11.4. The lowest BCUT2D eigenvalue weighted by atomic mass is 10.00. The lowest BCUT2D eigenvalue weighted by Gasteiger charge is -2.06. The summed E-state index contributed by atoms with van der Waals surface area (Å²) in [7, 11) is 1.37. The van der Waals surface area contributed by atoms with Crippen LogP contribution in [0.25, 0.3) is 11.1 Å². The fourth-order valence-corrected chi connectivity index (χ4v) is 2.05. The van der Waals surface area contributed by atoms with Crippen molar-refractivity contribution in [3.05, 3.63) is 59.7 Å². The molecule has 0 saturated carbocycles. The van der Waals surface area contributed by atoms with Crippen LogP contribution in [0.5, 0.6) is 0 Å². The van der Waals surface area contributed by atoms with Crippen molar-refractivity contribution >= 4 is 12.3 Å². The van der Waals surface area contributed by atoms with Gasteiger partial charge in [0.25, 0.3) is 0 Å². The molecule has 0 amide bonds. The number of aryl methyl sites for hydroxylation is 1. The zero-order valence-corrected chi connectivity index (χ0v) is 11.3. The Morgan fingerprint density at radius 3 is 2.50 bits per heavy atom. The molecule has 0 heterocycles. The Labute approximate surface area is 118 Å². The van der Waals surface area contributed by atoms with Gasteiger partial charge in [0.1, 0.15) is 6.29 Å². The molecule has 0 atom stereocenters. The van der Waals surface area contributed by atoms with Crippen molar-refractivity contribution in [3.63, 3.8) is 0 Å². The number of rotatable bonds is 5. The quantitative estimate of drug-likeness (QED) is 0.617. The van der Waals surface area contributed by atoms with Gasteiger partial charge in [-0.05, 0) is 35.2 Å². The van der Waals surface area contributed by atoms with E-state index in [2.05, 4.69) is 10.8 Å². The Kier molecular flexibility index (Phi) is 4.66. The molecule has 3 nitrogen and oxygen atoms in total. The average molecular weight is 268 g/mol. The fourth-order valence-electron chi connectivity index (χ4n) is 2.05. The molecule has 102 valence electrons. The van der Waals surface area contributed by atoms with Crippen molar-refractivity contribution in [1.82, 2.24) is 0 Å². The molecule has 0 N–H and O–H groups in total. The molecule has 20 heavy (non-hydrogen) atoms. The van der Waals surface area contributed by atoms with E-state index in [1.165, 1.54) is 7.11 Å². The maximum Gasteiger partial charge on any atom is 0.337 e. The molecule has 0 fully saturated rings. The van der Waals surface area contributed by atoms with Crippen molar-refractivity contribution in [2.24, 2.45) is 0 Å². The van der Waals surface area contributed by atoms with Crippen LogP contribution in [0.15, 0.2) is 48.5 Å². The second kappa shape index (κ2) is 6.66. The minimum Gasteiger partial charge on any atom is -0.465 e. The third-order valence-electron chi connectivity index (χ3n) is 3.12. The van der Waals surface area contributed by atoms with Crippen molar-refractivity contribution in [3.8, 4) is 11.1 Å². The first-order valence-electron chi connectivity index (χ1n) is 6.46. The highest BCUT2D eigenvalue weighted by molar-refractivity contribution is 5.89. The number of carbonyl (C=O) groups excluding carboxylic acids is 2. The van der Waals surface area contributed by atoms with Gasteiger partial charge in [-0.1, -0.05) is 36.4 Å². The standard InChI is InChI=1S/C17H16O3/c1-20-17(19)15-9-7-14(8-10-15)16-6-2-4-13(12-16)5-3-11-18/h2,4,6-12H,3,5H2,1H3. The van der Waals surface area contributed by atoms with E-state index >= 15 is 0 Å². The normalized spacial score (nSPS) is 10.1. The van der Waals surface area contributed by atoms with Gasteiger partial charge in [0.15, 0.2) is 0 Å². The second-order valence-electron chi connectivity index (χ2n) is 4.47. The predicted molar refractivity (Wildman–Crippen MR) is 77.6 cm³/mol. The number of hydrogen-bond acceptors (Lipinski definition) is 3. The predicted octanol–water partition coefficient (Wildman–Crippen LogP) is 3.27. The first-order chi connectivity index (χ1) is 9.74. The van der Waals surface area contributed by atoms with Crippen LogP contribution in [-0.2, 0) is 16.0 Å². The number of methoxy groups -OCH3 is 1. The number of ether oxygens (including phenoxy) is 1. The zero-order valence-electron chi connectivity index (χ0n) is 11.3. The highest BCUT2D eigenvalue weighted by Gasteiger charge is 2.05. The minimum atomic E-state index is -0.337. The molecular weight excluding hydrogens is 252 g/mol. The number of aldehydes is 1. The van der Waals surface area contributed by atoms with Crippen molar-refractivity contribution < 1.29 is 14.3 Å². The van der Waals surface area contributed by atoms with Gasteiger partial charge in [0, 0.05) is 6.42 Å². The molecule has 0 aromatic heterocycles. The highest BCUT2D eigenvalue weighted by Crippen LogP contribution is 2.21. The van der Waals surface area contributed by atoms with E-state index in [0.717, 1.165) is 29.4 Å². The van der Waals surface area contributed by atoms with Gasteiger partial charge in [-0.15, -0.1) is 0 Å². The van der Waals surface area contributed by atoms with Crippen LogP contribution < -0.4 is 0 Å². The van der Waals surface area contributed by atoms with Gasteiger partial charge in [-0.3, -0.25) is 0 Å². The molecule has 0 aliphatic rings. The highest BCUT2D eigenvalue weighted by atomic mass is 16.5. The monoisotopic (exact) mass is 268 g/mol. The summed E-state index contributed by atoms with van der Waals surface area (Å²) in [5.74, 6) is -0.337. The van der Waals surface area contributed by atoms with Crippen LogP contribution in [0.1, 0.15) is 22.3 Å². The van der Waals surface area contributed by atoms with Gasteiger partial charge < -0.3 is 9.53 Å². The summed E-state index contributed by atoms with van der Waals surface area (Å²) >= 11 is 0. The SMILES string of the molecule is COC(=O)c1ccc(-c2cccc(CCC=O)c2)cc1. The molecule has 0 aliphatic heterocycles. The lowest BCUT2D eigenvalue weighted by Crippen LogP contribution is -2.00. The maximum absolute atomic E-state index is 11.4. The van der Waals surface area contributed by atoms with Crippen LogP contribution in [0.4, 0.5) is 0 Å². The minimum absolute atomic E-state index is 0.337. The van der Waals surface area contributed by atoms with Gasteiger partial charge in [0.2, 0.25) is 0 Å². The zero-order chi connectivity index (χ0) is 14.4. The summed E-state index contributed by atoms with van der Waals surface area (Å²) in [6, 6.07) is 15.3. The van der Waals surface area contributed by atoms with E-state index in [-0.39, 0.29) is 5.97 Å². The van der Waals surface area contributed by atoms with Crippen LogP contribution in [0, 0.1) is 0 Å². The first kappa shape index (κ1) is 14.0. The summed E-state index contributed by atoms with van der Waals surface area (Å²) < 4.78 is 4.67. The lowest BCUT2D eigenvalue weighted by molar-refractivity contribution is -0.107. The van der Waals surface area contributed by atoms with Crippen molar-refractivity contribution in [1.29, 1.82) is 0 Å². The van der Waals surface area contributed by atoms with Crippen LogP contribution in [0.3, 0.4) is 0 Å². The third kappa shape index (κ3) is 3.32. The molecule has 2 aromatic carbocycles. The number of benzene rings is 2. The number of esters is 1. The molecule has 0 radical (unpaired) electrons. The molecule has 0 spiro atoms. The van der Waals surface area contributed by atoms with Gasteiger partial charge in [-0.25, -0.2) is 4.79 Å². The van der Waals surface area contributed by atoms with Gasteiger partial charge >= 0.3 is 5.97 Å². The topological polar surface area (TPSA) is 43.4 Å². The number of carbonyl (C=O) groups is 2. The molecule has 0 bridgehead atoms. The van der Waals surface area contributed by atoms with E-state index in [9.17, 15) is 9.59 Å². The molecule has 0 aliphatic carbocycles. The second-order valence-corrected chi connectivity index (χ2v) is 4.47. The van der Waals surface area contributed by atoms with Crippen LogP contribution >= 0.6 is 0 Å². The van der Waals surface area contributed by atoms with E-state index in [1.807, 2.05) is 30.3 Å². The summed E-state index contributed by atoms with van der Waals surface area (Å²) in [5.41, 5.74) is 3.77. The Hall–Kier alpha value is -2.42. The van der Waals surface area contributed by atoms with Crippen LogP contribution in [0.2, 0.25) is 0 Å². The summed E-state index contributed by atoms with van der Waals surface area (Å²) in [6.07, 6.45) is 2.21. The molecular formula is C17H16O3. The largest absolute Gasteiger partial charge is 0.465 e. The smallest absolute Gasteiger partial charge is 0.337 e. The Bertz CT molecular complexity index is 600. The Morgan fingerprint density at radius 1 is 1.10 bits per heavy atom. The summed E-state index contributed by atoms with van der Waals surface area (Å²) in [4.78, 5) is 21.8. The summed E-state index contributed by atoms with van der Waals surface area (Å²) in [6.45, 7) is 0. The Balaban J connectivity index is 2.22. The van der Waals surface area contributed by atoms with Crippen molar-refractivity contribution in [2.75, 3.05) is 7.11 Å². The van der Waals surface area contributed by atoms with Gasteiger partial charge in [-0.2, -0.15) is 0 Å². The molecule has 2 aromatic rings. The third-order valence-corrected chi connectivity index (χ3v) is 3.12. The van der Waals surface area contributed by atoms with E-state index < -0.39 is 0 Å². The first-order valence-corrected chi connectivity index (χ1v) is 6.46. The molecule has 0 saturated heterocycles. The van der Waals surface area contributed by atoms with Crippen molar-refractivity contribution in [2.45, 2.75) is 12.8 Å². The van der Waals surface area contributed by atoms with E-state index in [0.29, 0.717) is 12.0 Å². The summed E-state index contributed by atoms with van der Waals surface area (Å²) in [5, 5.41) is 0. The average Bonchev–Trinajstić information content (AvgIpc) is 2.52. The fraction of sp³-hybridized carbons (Fsp3) is 0.176. The van der Waals surface area contributed by atoms with E-state index in [4.69, 9.17) is 0 Å². The molecule has 0 unspecified atom stereocenters. The molecule has 3 heteroatoms. The van der Waals surface area contributed by atoms with Crippen LogP contribution in [-0.4, -0.2) is 19.4 Å².